The van der Waals surface area contributed by atoms with Gasteiger partial charge >= 0.3 is 0 Å². The normalized spacial score (nSPS) is 11.5. The van der Waals surface area contributed by atoms with Crippen LogP contribution in [0.3, 0.4) is 0 Å². The van der Waals surface area contributed by atoms with Crippen molar-refractivity contribution < 1.29 is 4.79 Å². The SMILES string of the molecule is O=C(/C=C/c1ccccc1)c1nnn(-c2cccc3ccccc23)c1/C=C/c1ccccc1. The monoisotopic (exact) mass is 427 g/mol. The van der Waals surface area contributed by atoms with Gasteiger partial charge in [0.1, 0.15) is 0 Å². The minimum Gasteiger partial charge on any atom is -0.287 e. The number of benzene rings is 4. The molecule has 158 valence electrons. The molecular formula is C29H21N3O. The minimum atomic E-state index is -0.196. The molecule has 0 aliphatic carbocycles. The fourth-order valence-corrected chi connectivity index (χ4v) is 3.74. The van der Waals surface area contributed by atoms with Crippen LogP contribution in [0.4, 0.5) is 0 Å². The van der Waals surface area contributed by atoms with Crippen molar-refractivity contribution in [2.45, 2.75) is 0 Å². The lowest BCUT2D eigenvalue weighted by atomic mass is 10.1. The number of rotatable bonds is 6. The molecule has 0 unspecified atom stereocenters. The average molecular weight is 428 g/mol. The van der Waals surface area contributed by atoms with Crippen LogP contribution in [0.1, 0.15) is 27.3 Å². The van der Waals surface area contributed by atoms with Crippen LogP contribution in [0.2, 0.25) is 0 Å². The summed E-state index contributed by atoms with van der Waals surface area (Å²) < 4.78 is 1.74. The molecule has 4 nitrogen and oxygen atoms in total. The van der Waals surface area contributed by atoms with E-state index in [1.165, 1.54) is 0 Å². The van der Waals surface area contributed by atoms with Crippen molar-refractivity contribution in [3.05, 3.63) is 132 Å². The quantitative estimate of drug-likeness (QED) is 0.230. The highest BCUT2D eigenvalue weighted by Gasteiger charge is 2.18. The molecule has 4 aromatic carbocycles. The summed E-state index contributed by atoms with van der Waals surface area (Å²) >= 11 is 0. The molecule has 0 radical (unpaired) electrons. The van der Waals surface area contributed by atoms with Gasteiger partial charge in [0.05, 0.1) is 11.4 Å². The average Bonchev–Trinajstić information content (AvgIpc) is 3.30. The highest BCUT2D eigenvalue weighted by Crippen LogP contribution is 2.25. The lowest BCUT2D eigenvalue weighted by molar-refractivity contribution is 0.104. The second-order valence-electron chi connectivity index (χ2n) is 7.59. The third-order valence-electron chi connectivity index (χ3n) is 5.39. The van der Waals surface area contributed by atoms with Gasteiger partial charge in [-0.15, -0.1) is 5.10 Å². The fourth-order valence-electron chi connectivity index (χ4n) is 3.74. The molecular weight excluding hydrogens is 406 g/mol. The number of hydrogen-bond donors (Lipinski definition) is 0. The van der Waals surface area contributed by atoms with Gasteiger partial charge in [-0.1, -0.05) is 114 Å². The number of allylic oxidation sites excluding steroid dienone is 1. The third kappa shape index (κ3) is 4.41. The molecule has 5 aromatic rings. The first-order valence-electron chi connectivity index (χ1n) is 10.7. The molecule has 0 aliphatic heterocycles. The van der Waals surface area contributed by atoms with E-state index in [9.17, 15) is 4.79 Å². The molecule has 5 rings (SSSR count). The number of carbonyl (C=O) groups excluding carboxylic acids is 1. The molecule has 0 amide bonds. The summed E-state index contributed by atoms with van der Waals surface area (Å²) in [5.74, 6) is -0.196. The zero-order valence-corrected chi connectivity index (χ0v) is 17.9. The van der Waals surface area contributed by atoms with Crippen LogP contribution in [0.15, 0.2) is 109 Å². The van der Waals surface area contributed by atoms with E-state index in [-0.39, 0.29) is 5.78 Å². The van der Waals surface area contributed by atoms with Crippen LogP contribution in [0.5, 0.6) is 0 Å². The number of nitrogens with zero attached hydrogens (tertiary/aromatic N) is 3. The molecule has 4 heteroatoms. The topological polar surface area (TPSA) is 47.8 Å². The summed E-state index contributed by atoms with van der Waals surface area (Å²) in [5.41, 5.74) is 3.80. The van der Waals surface area contributed by atoms with Gasteiger partial charge in [-0.25, -0.2) is 4.68 Å². The maximum atomic E-state index is 13.1. The number of ketones is 1. The number of hydrogen-bond acceptors (Lipinski definition) is 3. The molecule has 0 saturated heterocycles. The van der Waals surface area contributed by atoms with Gasteiger partial charge < -0.3 is 0 Å². The molecule has 1 heterocycles. The molecule has 0 atom stereocenters. The lowest BCUT2D eigenvalue weighted by Gasteiger charge is -2.08. The van der Waals surface area contributed by atoms with Crippen molar-refractivity contribution in [2.75, 3.05) is 0 Å². The number of fused-ring (bicyclic) bond motifs is 1. The van der Waals surface area contributed by atoms with Crippen molar-refractivity contribution >= 4 is 34.8 Å². The third-order valence-corrected chi connectivity index (χ3v) is 5.39. The van der Waals surface area contributed by atoms with Crippen molar-refractivity contribution in [1.82, 2.24) is 15.0 Å². The zero-order valence-electron chi connectivity index (χ0n) is 17.9. The van der Waals surface area contributed by atoms with Gasteiger partial charge in [-0.2, -0.15) is 0 Å². The van der Waals surface area contributed by atoms with Crippen LogP contribution in [0, 0.1) is 0 Å². The van der Waals surface area contributed by atoms with Crippen molar-refractivity contribution in [3.63, 3.8) is 0 Å². The Morgan fingerprint density at radius 2 is 1.30 bits per heavy atom. The van der Waals surface area contributed by atoms with Gasteiger partial charge in [-0.3, -0.25) is 4.79 Å². The maximum absolute atomic E-state index is 13.1. The van der Waals surface area contributed by atoms with Crippen molar-refractivity contribution in [2.24, 2.45) is 0 Å². The van der Waals surface area contributed by atoms with Crippen LogP contribution in [-0.4, -0.2) is 20.8 Å². The first-order chi connectivity index (χ1) is 16.3. The zero-order chi connectivity index (χ0) is 22.5. The number of aromatic nitrogens is 3. The Bertz CT molecular complexity index is 1460. The largest absolute Gasteiger partial charge is 0.287 e. The van der Waals surface area contributed by atoms with E-state index in [0.29, 0.717) is 11.4 Å². The standard InChI is InChI=1S/C29H21N3O/c33-28(21-19-23-12-5-2-6-13-23)29-27(20-18-22-10-3-1-4-11-22)32(31-30-29)26-17-9-15-24-14-7-8-16-25(24)26/h1-21H/b20-18+,21-19+. The van der Waals surface area contributed by atoms with E-state index in [1.54, 1.807) is 16.8 Å². The summed E-state index contributed by atoms with van der Waals surface area (Å²) in [5, 5.41) is 10.8. The first-order valence-corrected chi connectivity index (χ1v) is 10.7. The Morgan fingerprint density at radius 3 is 2.06 bits per heavy atom. The molecule has 0 bridgehead atoms. The smallest absolute Gasteiger partial charge is 0.208 e. The van der Waals surface area contributed by atoms with E-state index >= 15 is 0 Å². The van der Waals surface area contributed by atoms with Gasteiger partial charge in [0.25, 0.3) is 0 Å². The van der Waals surface area contributed by atoms with Crippen LogP contribution < -0.4 is 0 Å². The first kappa shape index (κ1) is 20.3. The summed E-state index contributed by atoms with van der Waals surface area (Å²) in [6, 6.07) is 33.8. The minimum absolute atomic E-state index is 0.196. The van der Waals surface area contributed by atoms with Gasteiger partial charge in [-0.05, 0) is 34.7 Å². The van der Waals surface area contributed by atoms with Crippen molar-refractivity contribution in [3.8, 4) is 5.69 Å². The number of carbonyl (C=O) groups is 1. The Balaban J connectivity index is 1.61. The molecule has 0 aliphatic rings. The van der Waals surface area contributed by atoms with Crippen LogP contribution >= 0.6 is 0 Å². The predicted octanol–water partition coefficient (Wildman–Crippen LogP) is 6.49. The highest BCUT2D eigenvalue weighted by molar-refractivity contribution is 6.08. The van der Waals surface area contributed by atoms with Crippen LogP contribution in [-0.2, 0) is 0 Å². The summed E-state index contributed by atoms with van der Waals surface area (Å²) in [6.07, 6.45) is 7.22. The summed E-state index contributed by atoms with van der Waals surface area (Å²) in [6.45, 7) is 0. The van der Waals surface area contributed by atoms with E-state index in [4.69, 9.17) is 0 Å². The van der Waals surface area contributed by atoms with E-state index < -0.39 is 0 Å². The molecule has 0 fully saturated rings. The van der Waals surface area contributed by atoms with Gasteiger partial charge in [0.2, 0.25) is 5.78 Å². The van der Waals surface area contributed by atoms with E-state index in [1.807, 2.05) is 103 Å². The van der Waals surface area contributed by atoms with E-state index in [0.717, 1.165) is 27.6 Å². The summed E-state index contributed by atoms with van der Waals surface area (Å²) in [4.78, 5) is 13.1. The molecule has 0 spiro atoms. The Morgan fingerprint density at radius 1 is 0.667 bits per heavy atom. The molecule has 0 N–H and O–H groups in total. The molecule has 0 saturated carbocycles. The fraction of sp³-hybridized carbons (Fsp3) is 0. The second kappa shape index (κ2) is 9.28. The Hall–Kier alpha value is -4.57. The van der Waals surface area contributed by atoms with E-state index in [2.05, 4.69) is 22.4 Å². The Labute approximate surface area is 192 Å². The van der Waals surface area contributed by atoms with Gasteiger partial charge in [0, 0.05) is 5.39 Å². The Kier molecular flexibility index (Phi) is 5.72. The van der Waals surface area contributed by atoms with Gasteiger partial charge in [0.15, 0.2) is 5.69 Å². The molecule has 33 heavy (non-hydrogen) atoms. The lowest BCUT2D eigenvalue weighted by Crippen LogP contribution is -2.03. The maximum Gasteiger partial charge on any atom is 0.208 e. The predicted molar refractivity (Wildman–Crippen MR) is 134 cm³/mol. The highest BCUT2D eigenvalue weighted by atomic mass is 16.1. The molecule has 1 aromatic heterocycles. The summed E-state index contributed by atoms with van der Waals surface area (Å²) in [7, 11) is 0. The van der Waals surface area contributed by atoms with Crippen LogP contribution in [0.25, 0.3) is 34.7 Å². The van der Waals surface area contributed by atoms with Crippen molar-refractivity contribution in [1.29, 1.82) is 0 Å². The second-order valence-corrected chi connectivity index (χ2v) is 7.59.